The molecule has 3 aromatic carbocycles. The number of esters is 1. The van der Waals surface area contributed by atoms with Crippen LogP contribution in [0.25, 0.3) is 11.1 Å². The Balaban J connectivity index is 1.65. The molecular weight excluding hydrogens is 374 g/mol. The molecular formula is C22H17NO6. The van der Waals surface area contributed by atoms with Crippen LogP contribution in [0.5, 0.6) is 5.75 Å². The number of hydrogen-bond donors (Lipinski definition) is 0. The van der Waals surface area contributed by atoms with Gasteiger partial charge in [-0.3, -0.25) is 14.9 Å². The number of nitro groups is 1. The second-order valence-corrected chi connectivity index (χ2v) is 6.09. The minimum absolute atomic E-state index is 0.0288. The van der Waals surface area contributed by atoms with Crippen molar-refractivity contribution in [2.24, 2.45) is 0 Å². The van der Waals surface area contributed by atoms with E-state index in [1.54, 1.807) is 12.1 Å². The Morgan fingerprint density at radius 3 is 2.14 bits per heavy atom. The number of methoxy groups -OCH3 is 1. The third kappa shape index (κ3) is 4.65. The van der Waals surface area contributed by atoms with Crippen LogP contribution in [0, 0.1) is 10.1 Å². The lowest BCUT2D eigenvalue weighted by atomic mass is 10.0. The number of Topliss-reactive ketones (excluding diaryl/α,β-unsaturated/α-hetero) is 1. The quantitative estimate of drug-likeness (QED) is 0.258. The second kappa shape index (κ2) is 8.79. The Kier molecular flexibility index (Phi) is 5.99. The molecule has 0 bridgehead atoms. The number of carbonyl (C=O) groups is 2. The zero-order chi connectivity index (χ0) is 20.8. The van der Waals surface area contributed by atoms with Gasteiger partial charge < -0.3 is 9.47 Å². The van der Waals surface area contributed by atoms with Crippen molar-refractivity contribution in [1.82, 2.24) is 0 Å². The molecule has 0 aliphatic carbocycles. The predicted octanol–water partition coefficient (Wildman–Crippen LogP) is 4.31. The summed E-state index contributed by atoms with van der Waals surface area (Å²) < 4.78 is 9.91. The summed E-state index contributed by atoms with van der Waals surface area (Å²) >= 11 is 0. The van der Waals surface area contributed by atoms with E-state index in [0.29, 0.717) is 5.56 Å². The average molecular weight is 391 g/mol. The van der Waals surface area contributed by atoms with Crippen LogP contribution < -0.4 is 4.74 Å². The minimum Gasteiger partial charge on any atom is -0.490 e. The third-order valence-corrected chi connectivity index (χ3v) is 4.26. The molecule has 29 heavy (non-hydrogen) atoms. The Labute approximate surface area is 166 Å². The molecule has 0 radical (unpaired) electrons. The van der Waals surface area contributed by atoms with Gasteiger partial charge in [0.25, 0.3) is 0 Å². The van der Waals surface area contributed by atoms with E-state index in [1.165, 1.54) is 19.2 Å². The van der Waals surface area contributed by atoms with E-state index in [1.807, 2.05) is 42.5 Å². The van der Waals surface area contributed by atoms with Gasteiger partial charge in [-0.1, -0.05) is 54.6 Å². The standard InChI is InChI=1S/C22H17NO6/c1-28-21-12-11-18(13-19(21)23(26)27)22(25)29-14-20(24)17-9-7-16(8-10-17)15-5-3-2-4-6-15/h2-13H,14H2,1H3. The summed E-state index contributed by atoms with van der Waals surface area (Å²) in [7, 11) is 1.29. The molecule has 7 nitrogen and oxygen atoms in total. The number of nitrogens with zero attached hydrogens (tertiary/aromatic N) is 1. The van der Waals surface area contributed by atoms with Crippen molar-refractivity contribution in [3.8, 4) is 16.9 Å². The fourth-order valence-corrected chi connectivity index (χ4v) is 2.74. The number of nitro benzene ring substituents is 1. The second-order valence-electron chi connectivity index (χ2n) is 6.09. The molecule has 0 heterocycles. The Morgan fingerprint density at radius 2 is 1.52 bits per heavy atom. The van der Waals surface area contributed by atoms with Crippen molar-refractivity contribution in [2.45, 2.75) is 0 Å². The number of hydrogen-bond acceptors (Lipinski definition) is 6. The zero-order valence-electron chi connectivity index (χ0n) is 15.5. The van der Waals surface area contributed by atoms with Gasteiger partial charge in [-0.15, -0.1) is 0 Å². The maximum Gasteiger partial charge on any atom is 0.338 e. The summed E-state index contributed by atoms with van der Waals surface area (Å²) in [4.78, 5) is 34.9. The molecule has 146 valence electrons. The lowest BCUT2D eigenvalue weighted by Crippen LogP contribution is -2.14. The Morgan fingerprint density at radius 1 is 0.897 bits per heavy atom. The summed E-state index contributed by atoms with van der Waals surface area (Å²) in [5.41, 5.74) is 2.00. The predicted molar refractivity (Wildman–Crippen MR) is 106 cm³/mol. The van der Waals surface area contributed by atoms with E-state index >= 15 is 0 Å². The van der Waals surface area contributed by atoms with Crippen LogP contribution in [-0.4, -0.2) is 30.4 Å². The smallest absolute Gasteiger partial charge is 0.338 e. The lowest BCUT2D eigenvalue weighted by molar-refractivity contribution is -0.385. The number of rotatable bonds is 7. The molecule has 0 amide bonds. The van der Waals surface area contributed by atoms with Crippen molar-refractivity contribution in [3.05, 3.63) is 94.0 Å². The average Bonchev–Trinajstić information content (AvgIpc) is 2.77. The van der Waals surface area contributed by atoms with Gasteiger partial charge in [-0.2, -0.15) is 0 Å². The molecule has 3 aromatic rings. The van der Waals surface area contributed by atoms with Gasteiger partial charge in [0.15, 0.2) is 18.1 Å². The molecule has 0 aliphatic rings. The fourth-order valence-electron chi connectivity index (χ4n) is 2.74. The highest BCUT2D eigenvalue weighted by atomic mass is 16.6. The van der Waals surface area contributed by atoms with E-state index in [4.69, 9.17) is 9.47 Å². The first-order valence-corrected chi connectivity index (χ1v) is 8.68. The zero-order valence-corrected chi connectivity index (χ0v) is 15.5. The SMILES string of the molecule is COc1ccc(C(=O)OCC(=O)c2ccc(-c3ccccc3)cc2)cc1[N+](=O)[O-]. The van der Waals surface area contributed by atoms with Crippen LogP contribution in [0.2, 0.25) is 0 Å². The largest absolute Gasteiger partial charge is 0.490 e. The first-order valence-electron chi connectivity index (χ1n) is 8.68. The molecule has 0 atom stereocenters. The summed E-state index contributed by atoms with van der Waals surface area (Å²) in [6.07, 6.45) is 0. The van der Waals surface area contributed by atoms with E-state index in [9.17, 15) is 19.7 Å². The number of benzene rings is 3. The van der Waals surface area contributed by atoms with Gasteiger partial charge in [0.2, 0.25) is 0 Å². The number of ketones is 1. The van der Waals surface area contributed by atoms with Crippen molar-refractivity contribution in [1.29, 1.82) is 0 Å². The number of carbonyl (C=O) groups excluding carboxylic acids is 2. The highest BCUT2D eigenvalue weighted by Gasteiger charge is 2.19. The van der Waals surface area contributed by atoms with Crippen LogP contribution >= 0.6 is 0 Å². The molecule has 0 unspecified atom stereocenters. The molecule has 0 fully saturated rings. The van der Waals surface area contributed by atoms with E-state index < -0.39 is 17.5 Å². The third-order valence-electron chi connectivity index (χ3n) is 4.26. The maximum absolute atomic E-state index is 12.3. The minimum atomic E-state index is -0.829. The lowest BCUT2D eigenvalue weighted by Gasteiger charge is -2.07. The van der Waals surface area contributed by atoms with Gasteiger partial charge in [0.05, 0.1) is 17.6 Å². The molecule has 0 N–H and O–H groups in total. The van der Waals surface area contributed by atoms with Gasteiger partial charge >= 0.3 is 11.7 Å². The maximum atomic E-state index is 12.3. The van der Waals surface area contributed by atoms with E-state index in [2.05, 4.69) is 0 Å². The fraction of sp³-hybridized carbons (Fsp3) is 0.0909. The van der Waals surface area contributed by atoms with Crippen LogP contribution in [0.15, 0.2) is 72.8 Å². The van der Waals surface area contributed by atoms with Crippen molar-refractivity contribution in [2.75, 3.05) is 13.7 Å². The van der Waals surface area contributed by atoms with Crippen LogP contribution in [0.4, 0.5) is 5.69 Å². The van der Waals surface area contributed by atoms with Gasteiger partial charge in [-0.25, -0.2) is 4.79 Å². The van der Waals surface area contributed by atoms with Gasteiger partial charge in [-0.05, 0) is 23.3 Å². The van der Waals surface area contributed by atoms with Crippen LogP contribution in [0.1, 0.15) is 20.7 Å². The Bertz CT molecular complexity index is 1040. The summed E-state index contributed by atoms with van der Waals surface area (Å²) in [6, 6.07) is 20.4. The van der Waals surface area contributed by atoms with Crippen molar-refractivity contribution < 1.29 is 24.0 Å². The molecule has 3 rings (SSSR count). The summed E-state index contributed by atoms with van der Waals surface area (Å²) in [5.74, 6) is -1.17. The van der Waals surface area contributed by atoms with Gasteiger partial charge in [0.1, 0.15) is 0 Å². The van der Waals surface area contributed by atoms with Crippen LogP contribution in [-0.2, 0) is 4.74 Å². The molecule has 0 aliphatic heterocycles. The first kappa shape index (κ1) is 19.8. The van der Waals surface area contributed by atoms with E-state index in [-0.39, 0.29) is 22.8 Å². The first-order chi connectivity index (χ1) is 14.0. The van der Waals surface area contributed by atoms with Crippen molar-refractivity contribution in [3.63, 3.8) is 0 Å². The summed E-state index contributed by atoms with van der Waals surface area (Å²) in [5, 5.41) is 11.1. The molecule has 0 spiro atoms. The normalized spacial score (nSPS) is 10.2. The Hall–Kier alpha value is -4.00. The van der Waals surface area contributed by atoms with Gasteiger partial charge in [0, 0.05) is 11.6 Å². The molecule has 0 aromatic heterocycles. The highest BCUT2D eigenvalue weighted by molar-refractivity contribution is 5.99. The highest BCUT2D eigenvalue weighted by Crippen LogP contribution is 2.27. The monoisotopic (exact) mass is 391 g/mol. The van der Waals surface area contributed by atoms with Crippen molar-refractivity contribution >= 4 is 17.4 Å². The number of ether oxygens (including phenoxy) is 2. The summed E-state index contributed by atoms with van der Waals surface area (Å²) in [6.45, 7) is -0.469. The van der Waals surface area contributed by atoms with Crippen LogP contribution in [0.3, 0.4) is 0 Å². The molecule has 0 saturated carbocycles. The molecule has 0 saturated heterocycles. The van der Waals surface area contributed by atoms with E-state index in [0.717, 1.165) is 17.2 Å². The molecule has 7 heteroatoms. The topological polar surface area (TPSA) is 95.7 Å².